The molecule has 1 saturated heterocycles. The molecule has 0 unspecified atom stereocenters. The highest BCUT2D eigenvalue weighted by atomic mass is 19.1. The molecule has 1 aliphatic heterocycles. The molecule has 3 rings (SSSR count). The van der Waals surface area contributed by atoms with E-state index in [-0.39, 0.29) is 24.4 Å². The second-order valence-electron chi connectivity index (χ2n) is 5.96. The Balaban J connectivity index is 1.95. The zero-order chi connectivity index (χ0) is 17.3. The average molecular weight is 332 g/mol. The van der Waals surface area contributed by atoms with Gasteiger partial charge in [0.25, 0.3) is 5.91 Å². The largest absolute Gasteiger partial charge is 0.391 e. The average Bonchev–Trinajstić information content (AvgIpc) is 2.98. The Kier molecular flexibility index (Phi) is 4.57. The van der Waals surface area contributed by atoms with Crippen LogP contribution < -0.4 is 0 Å². The van der Waals surface area contributed by atoms with Crippen LogP contribution in [0.15, 0.2) is 36.7 Å². The van der Waals surface area contributed by atoms with Crippen molar-refractivity contribution >= 4 is 5.91 Å². The van der Waals surface area contributed by atoms with Crippen molar-refractivity contribution in [1.82, 2.24) is 9.88 Å². The third-order valence-corrected chi connectivity index (χ3v) is 4.31. The number of aryl methyl sites for hydroxylation is 1. The third kappa shape index (κ3) is 3.14. The fraction of sp³-hybridized carbons (Fsp3) is 0.333. The molecule has 1 aromatic carbocycles. The topological polar surface area (TPSA) is 53.4 Å². The first-order valence-corrected chi connectivity index (χ1v) is 7.87. The Bertz CT molecular complexity index is 766. The van der Waals surface area contributed by atoms with Gasteiger partial charge in [0, 0.05) is 24.5 Å². The Hall–Kier alpha value is -2.34. The highest BCUT2D eigenvalue weighted by molar-refractivity contribution is 5.94. The summed E-state index contributed by atoms with van der Waals surface area (Å²) in [5.41, 5.74) is 1.37. The third-order valence-electron chi connectivity index (χ3n) is 4.31. The Morgan fingerprint density at radius 2 is 2.12 bits per heavy atom. The van der Waals surface area contributed by atoms with Crippen LogP contribution in [0.3, 0.4) is 0 Å². The van der Waals surface area contributed by atoms with E-state index in [0.29, 0.717) is 5.56 Å². The van der Waals surface area contributed by atoms with Crippen molar-refractivity contribution in [3.8, 4) is 0 Å². The summed E-state index contributed by atoms with van der Waals surface area (Å²) in [5.74, 6) is -1.51. The maximum Gasteiger partial charge on any atom is 0.256 e. The molecule has 0 saturated carbocycles. The van der Waals surface area contributed by atoms with Crippen LogP contribution in [-0.2, 0) is 6.42 Å². The summed E-state index contributed by atoms with van der Waals surface area (Å²) in [6, 6.07) is 4.19. The molecule has 1 aliphatic rings. The van der Waals surface area contributed by atoms with Gasteiger partial charge < -0.3 is 10.0 Å². The van der Waals surface area contributed by atoms with Gasteiger partial charge in [0.15, 0.2) is 0 Å². The molecule has 126 valence electrons. The molecule has 4 nitrogen and oxygen atoms in total. The van der Waals surface area contributed by atoms with E-state index < -0.39 is 23.8 Å². The van der Waals surface area contributed by atoms with E-state index in [1.54, 1.807) is 12.3 Å². The lowest BCUT2D eigenvalue weighted by atomic mass is 10.0. The smallest absolute Gasteiger partial charge is 0.256 e. The summed E-state index contributed by atoms with van der Waals surface area (Å²) in [5, 5.41) is 9.96. The van der Waals surface area contributed by atoms with E-state index in [4.69, 9.17) is 0 Å². The molecule has 2 heterocycles. The van der Waals surface area contributed by atoms with Gasteiger partial charge in [-0.05, 0) is 42.7 Å². The molecule has 1 fully saturated rings. The predicted molar refractivity (Wildman–Crippen MR) is 84.4 cm³/mol. The summed E-state index contributed by atoms with van der Waals surface area (Å²) in [6.45, 7) is 2.03. The van der Waals surface area contributed by atoms with Gasteiger partial charge in [0.2, 0.25) is 0 Å². The first kappa shape index (κ1) is 16.5. The van der Waals surface area contributed by atoms with Gasteiger partial charge in [-0.2, -0.15) is 0 Å². The SMILES string of the molecule is CCc1cncc(C(=O)N2C[C@@H](O)C[C@@H]2c2cc(F)ccc2F)c1. The van der Waals surface area contributed by atoms with Crippen LogP contribution in [0.2, 0.25) is 0 Å². The van der Waals surface area contributed by atoms with Crippen molar-refractivity contribution in [1.29, 1.82) is 0 Å². The monoisotopic (exact) mass is 332 g/mol. The molecule has 2 aromatic rings. The highest BCUT2D eigenvalue weighted by Crippen LogP contribution is 2.35. The Labute approximate surface area is 138 Å². The number of rotatable bonds is 3. The lowest BCUT2D eigenvalue weighted by Gasteiger charge is -2.25. The van der Waals surface area contributed by atoms with Gasteiger partial charge in [0.05, 0.1) is 17.7 Å². The maximum atomic E-state index is 14.1. The van der Waals surface area contributed by atoms with Gasteiger partial charge in [-0.15, -0.1) is 0 Å². The summed E-state index contributed by atoms with van der Waals surface area (Å²) >= 11 is 0. The molecule has 1 N–H and O–H groups in total. The zero-order valence-electron chi connectivity index (χ0n) is 13.2. The van der Waals surface area contributed by atoms with E-state index in [2.05, 4.69) is 4.98 Å². The number of halogens is 2. The fourth-order valence-electron chi connectivity index (χ4n) is 3.07. The second kappa shape index (κ2) is 6.65. The number of aliphatic hydroxyl groups is 1. The van der Waals surface area contributed by atoms with Crippen LogP contribution in [0.25, 0.3) is 0 Å². The first-order chi connectivity index (χ1) is 11.5. The Morgan fingerprint density at radius 3 is 2.88 bits per heavy atom. The van der Waals surface area contributed by atoms with Crippen LogP contribution in [0, 0.1) is 11.6 Å². The molecule has 0 radical (unpaired) electrons. The van der Waals surface area contributed by atoms with Crippen LogP contribution in [0.1, 0.15) is 40.9 Å². The molecule has 1 amide bonds. The van der Waals surface area contributed by atoms with E-state index >= 15 is 0 Å². The molecule has 0 spiro atoms. The van der Waals surface area contributed by atoms with E-state index in [1.807, 2.05) is 6.92 Å². The number of hydrogen-bond acceptors (Lipinski definition) is 3. The van der Waals surface area contributed by atoms with Gasteiger partial charge in [-0.25, -0.2) is 8.78 Å². The number of aliphatic hydroxyl groups excluding tert-OH is 1. The van der Waals surface area contributed by atoms with Crippen LogP contribution in [0.4, 0.5) is 8.78 Å². The lowest BCUT2D eigenvalue weighted by molar-refractivity contribution is 0.0713. The van der Waals surface area contributed by atoms with Crippen LogP contribution >= 0.6 is 0 Å². The van der Waals surface area contributed by atoms with Crippen molar-refractivity contribution in [3.05, 3.63) is 65.0 Å². The fourth-order valence-corrected chi connectivity index (χ4v) is 3.07. The van der Waals surface area contributed by atoms with E-state index in [9.17, 15) is 18.7 Å². The maximum absolute atomic E-state index is 14.1. The number of benzene rings is 1. The van der Waals surface area contributed by atoms with Crippen molar-refractivity contribution in [3.63, 3.8) is 0 Å². The van der Waals surface area contributed by atoms with Gasteiger partial charge >= 0.3 is 0 Å². The standard InChI is InChI=1S/C18H18F2N2O2/c1-2-11-5-12(9-21-8-11)18(24)22-10-14(23)7-17(22)15-6-13(19)3-4-16(15)20/h3-6,8-9,14,17,23H,2,7,10H2,1H3/t14-,17+/m0/s1. The summed E-state index contributed by atoms with van der Waals surface area (Å²) in [7, 11) is 0. The predicted octanol–water partition coefficient (Wildman–Crippen LogP) is 2.87. The van der Waals surface area contributed by atoms with Gasteiger partial charge in [-0.1, -0.05) is 6.92 Å². The second-order valence-corrected chi connectivity index (χ2v) is 5.96. The molecule has 0 bridgehead atoms. The van der Waals surface area contributed by atoms with Crippen LogP contribution in [-0.4, -0.2) is 33.5 Å². The number of nitrogens with zero attached hydrogens (tertiary/aromatic N) is 2. The van der Waals surface area contributed by atoms with Gasteiger partial charge in [0.1, 0.15) is 11.6 Å². The minimum absolute atomic E-state index is 0.0792. The van der Waals surface area contributed by atoms with E-state index in [1.165, 1.54) is 11.1 Å². The Morgan fingerprint density at radius 1 is 1.33 bits per heavy atom. The quantitative estimate of drug-likeness (QED) is 0.940. The lowest BCUT2D eigenvalue weighted by Crippen LogP contribution is -2.32. The van der Waals surface area contributed by atoms with Crippen molar-refractivity contribution < 1.29 is 18.7 Å². The number of carbonyl (C=O) groups excluding carboxylic acids is 1. The number of carbonyl (C=O) groups is 1. The number of β-amino-alcohol motifs (C(OH)–C–C–N with tert-alkyl or cyclic N) is 1. The molecular weight excluding hydrogens is 314 g/mol. The van der Waals surface area contributed by atoms with Crippen LogP contribution in [0.5, 0.6) is 0 Å². The number of amides is 1. The zero-order valence-corrected chi connectivity index (χ0v) is 13.2. The summed E-state index contributed by atoms with van der Waals surface area (Å²) in [4.78, 5) is 18.2. The van der Waals surface area contributed by atoms with Crippen molar-refractivity contribution in [2.45, 2.75) is 31.9 Å². The van der Waals surface area contributed by atoms with Gasteiger partial charge in [-0.3, -0.25) is 9.78 Å². The molecule has 2 atom stereocenters. The van der Waals surface area contributed by atoms with Crippen molar-refractivity contribution in [2.75, 3.05) is 6.54 Å². The number of hydrogen-bond donors (Lipinski definition) is 1. The normalized spacial score (nSPS) is 20.4. The van der Waals surface area contributed by atoms with Crippen molar-refractivity contribution in [2.24, 2.45) is 0 Å². The number of pyridine rings is 1. The highest BCUT2D eigenvalue weighted by Gasteiger charge is 2.37. The molecule has 24 heavy (non-hydrogen) atoms. The first-order valence-electron chi connectivity index (χ1n) is 7.87. The number of aromatic nitrogens is 1. The molecule has 6 heteroatoms. The number of likely N-dealkylation sites (tertiary alicyclic amines) is 1. The summed E-state index contributed by atoms with van der Waals surface area (Å²) < 4.78 is 27.6. The van der Waals surface area contributed by atoms with E-state index in [0.717, 1.165) is 30.2 Å². The summed E-state index contributed by atoms with van der Waals surface area (Å²) in [6.07, 6.45) is 3.26. The molecule has 0 aliphatic carbocycles. The molecular formula is C18H18F2N2O2. The minimum Gasteiger partial charge on any atom is -0.391 e. The minimum atomic E-state index is -0.774. The molecule has 1 aromatic heterocycles.